The molecule has 3 heterocycles. The van der Waals surface area contributed by atoms with Crippen LogP contribution in [0.1, 0.15) is 38.5 Å². The Labute approximate surface area is 176 Å². The number of carbonyl (C=O) groups is 3. The lowest BCUT2D eigenvalue weighted by atomic mass is 9.69. The molecule has 4 amide bonds. The molecule has 1 saturated carbocycles. The zero-order valence-electron chi connectivity index (χ0n) is 17.4. The van der Waals surface area contributed by atoms with E-state index in [9.17, 15) is 14.4 Å². The number of amides is 4. The van der Waals surface area contributed by atoms with Gasteiger partial charge in [0.05, 0.1) is 18.2 Å². The number of nitrogens with zero attached hydrogens (tertiary/aromatic N) is 2. The highest BCUT2D eigenvalue weighted by atomic mass is 16.5. The molecule has 0 bridgehead atoms. The minimum atomic E-state index is -0.613. The molecule has 3 saturated heterocycles. The number of piperidine rings is 2. The molecule has 30 heavy (non-hydrogen) atoms. The Hall–Kier alpha value is -2.19. The predicted octanol–water partition coefficient (Wildman–Crippen LogP) is 1.14. The van der Waals surface area contributed by atoms with Gasteiger partial charge in [-0.3, -0.25) is 19.8 Å². The van der Waals surface area contributed by atoms with Crippen LogP contribution in [-0.2, 0) is 14.3 Å². The van der Waals surface area contributed by atoms with Gasteiger partial charge in [-0.1, -0.05) is 12.2 Å². The van der Waals surface area contributed by atoms with Crippen LogP contribution in [0.25, 0.3) is 0 Å². The number of ether oxygens (including phenoxy) is 1. The van der Waals surface area contributed by atoms with Crippen LogP contribution in [0.2, 0.25) is 0 Å². The maximum atomic E-state index is 13.1. The van der Waals surface area contributed by atoms with Gasteiger partial charge in [0.25, 0.3) is 0 Å². The normalized spacial score (nSPS) is 37.0. The lowest BCUT2D eigenvalue weighted by Crippen LogP contribution is -2.53. The summed E-state index contributed by atoms with van der Waals surface area (Å²) in [4.78, 5) is 40.4. The largest absolute Gasteiger partial charge is 0.375 e. The van der Waals surface area contributed by atoms with E-state index >= 15 is 0 Å². The van der Waals surface area contributed by atoms with Gasteiger partial charge in [-0.15, -0.1) is 0 Å². The van der Waals surface area contributed by atoms with E-state index in [2.05, 4.69) is 16.7 Å². The van der Waals surface area contributed by atoms with E-state index in [1.54, 1.807) is 9.80 Å². The summed E-state index contributed by atoms with van der Waals surface area (Å²) in [5, 5.41) is 5.75. The third kappa shape index (κ3) is 3.36. The standard InChI is InChI=1S/C22H30N4O4/c1-25-20-16(13-11-15(12-13)30-14-7-9-23-10-8-14)3-2-4-17(20)26(22(25)29)18-5-6-19(27)24-21(18)28/h2-4,13-16,18,20,23H,5-12H2,1H3,(H,24,27,28). The smallest absolute Gasteiger partial charge is 0.325 e. The number of allylic oxidation sites excluding steroid dienone is 2. The van der Waals surface area contributed by atoms with Crippen LogP contribution in [0.5, 0.6) is 0 Å². The summed E-state index contributed by atoms with van der Waals surface area (Å²) in [6, 6.07) is -0.826. The van der Waals surface area contributed by atoms with E-state index in [4.69, 9.17) is 4.74 Å². The molecule has 3 aliphatic heterocycles. The van der Waals surface area contributed by atoms with Crippen LogP contribution in [0, 0.1) is 11.8 Å². The summed E-state index contributed by atoms with van der Waals surface area (Å²) in [5.41, 5.74) is 0.882. The molecule has 3 unspecified atom stereocenters. The van der Waals surface area contributed by atoms with Gasteiger partial charge >= 0.3 is 6.03 Å². The van der Waals surface area contributed by atoms with Crippen molar-refractivity contribution in [3.63, 3.8) is 0 Å². The first kappa shape index (κ1) is 19.8. The van der Waals surface area contributed by atoms with Crippen molar-refractivity contribution in [2.45, 2.75) is 62.8 Å². The SMILES string of the molecule is CN1C(=O)N(C2CCC(=O)NC2=O)C2=CC=CC(C3CC(OC4CCNCC4)C3)C21. The average Bonchev–Trinajstić information content (AvgIpc) is 2.96. The van der Waals surface area contributed by atoms with E-state index in [1.807, 2.05) is 19.2 Å². The highest BCUT2D eigenvalue weighted by molar-refractivity contribution is 6.02. The van der Waals surface area contributed by atoms with Gasteiger partial charge in [0.2, 0.25) is 11.8 Å². The minimum absolute atomic E-state index is 0.0576. The van der Waals surface area contributed by atoms with E-state index in [-0.39, 0.29) is 36.2 Å². The molecule has 0 spiro atoms. The third-order valence-electron chi connectivity index (χ3n) is 7.34. The van der Waals surface area contributed by atoms with Crippen LogP contribution in [0.15, 0.2) is 23.9 Å². The van der Waals surface area contributed by atoms with Crippen molar-refractivity contribution < 1.29 is 19.1 Å². The van der Waals surface area contributed by atoms with Crippen molar-refractivity contribution in [2.75, 3.05) is 20.1 Å². The van der Waals surface area contributed by atoms with Gasteiger partial charge in [0.15, 0.2) is 0 Å². The molecule has 4 fully saturated rings. The molecule has 0 radical (unpaired) electrons. The van der Waals surface area contributed by atoms with Crippen molar-refractivity contribution in [1.29, 1.82) is 0 Å². The first-order valence-electron chi connectivity index (χ1n) is 11.2. The summed E-state index contributed by atoms with van der Waals surface area (Å²) < 4.78 is 6.29. The molecular weight excluding hydrogens is 384 g/mol. The quantitative estimate of drug-likeness (QED) is 0.674. The number of rotatable bonds is 4. The second-order valence-electron chi connectivity index (χ2n) is 9.17. The number of imide groups is 1. The summed E-state index contributed by atoms with van der Waals surface area (Å²) in [6.07, 6.45) is 11.7. The summed E-state index contributed by atoms with van der Waals surface area (Å²) in [5.74, 6) is 0.0564. The Morgan fingerprint density at radius 1 is 1.07 bits per heavy atom. The Morgan fingerprint density at radius 2 is 1.83 bits per heavy atom. The molecule has 8 heteroatoms. The fourth-order valence-electron chi connectivity index (χ4n) is 5.65. The van der Waals surface area contributed by atoms with E-state index in [1.165, 1.54) is 0 Å². The predicted molar refractivity (Wildman–Crippen MR) is 109 cm³/mol. The lowest BCUT2D eigenvalue weighted by molar-refractivity contribution is -0.136. The number of hydrogen-bond donors (Lipinski definition) is 2. The molecule has 162 valence electrons. The van der Waals surface area contributed by atoms with Crippen LogP contribution in [0.3, 0.4) is 0 Å². The average molecular weight is 415 g/mol. The Morgan fingerprint density at radius 3 is 2.57 bits per heavy atom. The number of nitrogens with one attached hydrogen (secondary N) is 2. The van der Waals surface area contributed by atoms with Crippen LogP contribution >= 0.6 is 0 Å². The third-order valence-corrected chi connectivity index (χ3v) is 7.34. The van der Waals surface area contributed by atoms with Gasteiger partial charge in [-0.05, 0) is 57.2 Å². The first-order chi connectivity index (χ1) is 14.5. The summed E-state index contributed by atoms with van der Waals surface area (Å²) in [7, 11) is 1.82. The van der Waals surface area contributed by atoms with Gasteiger partial charge in [0.1, 0.15) is 6.04 Å². The van der Waals surface area contributed by atoms with Crippen molar-refractivity contribution in [3.8, 4) is 0 Å². The number of likely N-dealkylation sites (N-methyl/N-ethyl adjacent to an activating group) is 1. The van der Waals surface area contributed by atoms with Crippen LogP contribution < -0.4 is 10.6 Å². The Balaban J connectivity index is 1.26. The molecule has 2 N–H and O–H groups in total. The monoisotopic (exact) mass is 414 g/mol. The molecule has 0 aromatic carbocycles. The van der Waals surface area contributed by atoms with E-state index in [0.717, 1.165) is 44.5 Å². The number of hydrogen-bond acceptors (Lipinski definition) is 5. The Bertz CT molecular complexity index is 797. The lowest BCUT2D eigenvalue weighted by Gasteiger charge is -2.45. The molecule has 0 aromatic heterocycles. The van der Waals surface area contributed by atoms with Crippen LogP contribution in [-0.4, -0.2) is 72.1 Å². The molecular formula is C22H30N4O4. The van der Waals surface area contributed by atoms with Crippen molar-refractivity contribution in [1.82, 2.24) is 20.4 Å². The second kappa shape index (κ2) is 7.81. The van der Waals surface area contributed by atoms with Gasteiger partial charge in [-0.2, -0.15) is 0 Å². The van der Waals surface area contributed by atoms with Gasteiger partial charge in [-0.25, -0.2) is 4.79 Å². The number of urea groups is 1. The van der Waals surface area contributed by atoms with E-state index < -0.39 is 6.04 Å². The maximum Gasteiger partial charge on any atom is 0.325 e. The topological polar surface area (TPSA) is 91.0 Å². The first-order valence-corrected chi connectivity index (χ1v) is 11.2. The minimum Gasteiger partial charge on any atom is -0.375 e. The van der Waals surface area contributed by atoms with Gasteiger partial charge in [0, 0.05) is 25.1 Å². The molecule has 8 nitrogen and oxygen atoms in total. The van der Waals surface area contributed by atoms with Crippen molar-refractivity contribution in [2.24, 2.45) is 11.8 Å². The zero-order chi connectivity index (χ0) is 20.8. The van der Waals surface area contributed by atoms with Crippen molar-refractivity contribution >= 4 is 17.8 Å². The highest BCUT2D eigenvalue weighted by Gasteiger charge is 2.52. The molecule has 2 aliphatic carbocycles. The number of fused-ring (bicyclic) bond motifs is 1. The maximum absolute atomic E-state index is 13.1. The fraction of sp³-hybridized carbons (Fsp3) is 0.682. The van der Waals surface area contributed by atoms with Crippen LogP contribution in [0.4, 0.5) is 4.79 Å². The fourth-order valence-corrected chi connectivity index (χ4v) is 5.65. The molecule has 3 atom stereocenters. The Kier molecular flexibility index (Phi) is 5.14. The van der Waals surface area contributed by atoms with Crippen molar-refractivity contribution in [3.05, 3.63) is 23.9 Å². The summed E-state index contributed by atoms with van der Waals surface area (Å²) in [6.45, 7) is 2.07. The zero-order valence-corrected chi connectivity index (χ0v) is 17.4. The van der Waals surface area contributed by atoms with Gasteiger partial charge < -0.3 is 15.0 Å². The summed E-state index contributed by atoms with van der Waals surface area (Å²) >= 11 is 0. The molecule has 0 aromatic rings. The second-order valence-corrected chi connectivity index (χ2v) is 9.17. The number of carbonyl (C=O) groups excluding carboxylic acids is 3. The molecule has 5 aliphatic rings. The molecule has 5 rings (SSSR count). The highest BCUT2D eigenvalue weighted by Crippen LogP contribution is 2.46. The van der Waals surface area contributed by atoms with E-state index in [0.29, 0.717) is 24.5 Å².